The fraction of sp³-hybridized carbons (Fsp3) is 0. The first-order valence-electron chi connectivity index (χ1n) is 5.13. The third-order valence-electron chi connectivity index (χ3n) is 2.29. The Morgan fingerprint density at radius 3 is 2.26 bits per heavy atom. The lowest BCUT2D eigenvalue weighted by Crippen LogP contribution is -2.00. The number of carboxylic acids is 1. The van der Waals surface area contributed by atoms with Gasteiger partial charge in [-0.25, -0.2) is 13.6 Å². The van der Waals surface area contributed by atoms with Gasteiger partial charge in [0.25, 0.3) is 0 Å². The van der Waals surface area contributed by atoms with Gasteiger partial charge in [0, 0.05) is 4.90 Å². The predicted molar refractivity (Wildman–Crippen MR) is 68.9 cm³/mol. The van der Waals surface area contributed by atoms with E-state index in [2.05, 4.69) is 0 Å². The van der Waals surface area contributed by atoms with Gasteiger partial charge in [-0.1, -0.05) is 35.5 Å². The van der Waals surface area contributed by atoms with E-state index in [4.69, 9.17) is 16.7 Å². The molecule has 2 nitrogen and oxygen atoms in total. The first-order valence-corrected chi connectivity index (χ1v) is 6.33. The largest absolute Gasteiger partial charge is 0.478 e. The number of hydrogen-bond acceptors (Lipinski definition) is 2. The summed E-state index contributed by atoms with van der Waals surface area (Å²) >= 11 is 6.71. The van der Waals surface area contributed by atoms with Crippen molar-refractivity contribution in [3.8, 4) is 0 Å². The van der Waals surface area contributed by atoms with Crippen LogP contribution in [0.3, 0.4) is 0 Å². The summed E-state index contributed by atoms with van der Waals surface area (Å²) in [6, 6.07) is 8.18. The minimum atomic E-state index is -1.38. The second kappa shape index (κ2) is 5.59. The number of halogens is 3. The lowest BCUT2D eigenvalue weighted by molar-refractivity contribution is 0.0695. The smallest absolute Gasteiger partial charge is 0.335 e. The van der Waals surface area contributed by atoms with Crippen molar-refractivity contribution in [2.45, 2.75) is 9.79 Å². The molecular weight excluding hydrogens is 294 g/mol. The fourth-order valence-corrected chi connectivity index (χ4v) is 2.51. The topological polar surface area (TPSA) is 37.3 Å². The second-order valence-corrected chi connectivity index (χ2v) is 5.07. The van der Waals surface area contributed by atoms with Crippen molar-refractivity contribution in [1.29, 1.82) is 0 Å². The summed E-state index contributed by atoms with van der Waals surface area (Å²) < 4.78 is 27.4. The number of rotatable bonds is 3. The Labute approximate surface area is 117 Å². The lowest BCUT2D eigenvalue weighted by atomic mass is 10.2. The van der Waals surface area contributed by atoms with E-state index in [0.717, 1.165) is 23.9 Å². The summed E-state index contributed by atoms with van der Waals surface area (Å²) in [5.74, 6) is -3.24. The maximum atomic E-state index is 13.7. The zero-order chi connectivity index (χ0) is 14.0. The van der Waals surface area contributed by atoms with Gasteiger partial charge in [-0.3, -0.25) is 0 Å². The molecular formula is C13H7ClF2O2S. The zero-order valence-corrected chi connectivity index (χ0v) is 10.9. The van der Waals surface area contributed by atoms with Crippen LogP contribution in [-0.4, -0.2) is 11.1 Å². The first-order chi connectivity index (χ1) is 8.99. The predicted octanol–water partition coefficient (Wildman–Crippen LogP) is 4.47. The summed E-state index contributed by atoms with van der Waals surface area (Å²) in [6.45, 7) is 0. The Hall–Kier alpha value is -1.59. The van der Waals surface area contributed by atoms with E-state index in [9.17, 15) is 13.6 Å². The van der Waals surface area contributed by atoms with Crippen molar-refractivity contribution < 1.29 is 18.7 Å². The number of benzene rings is 2. The normalized spacial score (nSPS) is 10.5. The molecule has 0 saturated heterocycles. The first kappa shape index (κ1) is 13.8. The highest BCUT2D eigenvalue weighted by Crippen LogP contribution is 2.36. The molecule has 2 aromatic carbocycles. The molecule has 1 N–H and O–H groups in total. The maximum Gasteiger partial charge on any atom is 0.335 e. The fourth-order valence-electron chi connectivity index (χ4n) is 1.42. The van der Waals surface area contributed by atoms with Crippen molar-refractivity contribution >= 4 is 29.3 Å². The monoisotopic (exact) mass is 300 g/mol. The van der Waals surface area contributed by atoms with Crippen LogP contribution < -0.4 is 0 Å². The second-order valence-electron chi connectivity index (χ2n) is 3.61. The lowest BCUT2D eigenvalue weighted by Gasteiger charge is -2.07. The van der Waals surface area contributed by atoms with E-state index in [1.54, 1.807) is 24.3 Å². The van der Waals surface area contributed by atoms with Gasteiger partial charge < -0.3 is 5.11 Å². The number of aromatic carboxylic acids is 1. The standard InChI is InChI=1S/C13H7ClF2O2S/c14-8-3-1-2-4-11(8)19-12-9(15)5-7(13(17)18)6-10(12)16/h1-6H,(H,17,18). The number of carbonyl (C=O) groups is 1. The molecule has 0 saturated carbocycles. The summed E-state index contributed by atoms with van der Waals surface area (Å²) in [5, 5.41) is 9.07. The van der Waals surface area contributed by atoms with Crippen molar-refractivity contribution in [3.05, 3.63) is 58.6 Å². The van der Waals surface area contributed by atoms with E-state index >= 15 is 0 Å². The van der Waals surface area contributed by atoms with Crippen LogP contribution in [0.1, 0.15) is 10.4 Å². The van der Waals surface area contributed by atoms with Gasteiger partial charge in [0.15, 0.2) is 0 Å². The van der Waals surface area contributed by atoms with Gasteiger partial charge in [0.05, 0.1) is 15.5 Å². The Bertz CT molecular complexity index is 623. The van der Waals surface area contributed by atoms with Crippen LogP contribution >= 0.6 is 23.4 Å². The van der Waals surface area contributed by atoms with Crippen LogP contribution in [0.15, 0.2) is 46.2 Å². The van der Waals surface area contributed by atoms with Crippen LogP contribution in [0.2, 0.25) is 5.02 Å². The molecule has 98 valence electrons. The molecule has 2 aromatic rings. The van der Waals surface area contributed by atoms with Gasteiger partial charge in [0.1, 0.15) is 11.6 Å². The quantitative estimate of drug-likeness (QED) is 0.909. The average molecular weight is 301 g/mol. The molecule has 0 radical (unpaired) electrons. The van der Waals surface area contributed by atoms with Crippen LogP contribution in [-0.2, 0) is 0 Å². The highest BCUT2D eigenvalue weighted by atomic mass is 35.5. The Morgan fingerprint density at radius 1 is 1.16 bits per heavy atom. The van der Waals surface area contributed by atoms with Crippen molar-refractivity contribution in [2.24, 2.45) is 0 Å². The summed E-state index contributed by atoms with van der Waals surface area (Å²) in [5.41, 5.74) is -0.432. The summed E-state index contributed by atoms with van der Waals surface area (Å²) in [6.07, 6.45) is 0. The van der Waals surface area contributed by atoms with Gasteiger partial charge in [-0.05, 0) is 24.3 Å². The number of carboxylic acid groups (broad SMARTS) is 1. The molecule has 0 fully saturated rings. The Balaban J connectivity index is 2.42. The average Bonchev–Trinajstić information content (AvgIpc) is 2.35. The Morgan fingerprint density at radius 2 is 1.74 bits per heavy atom. The van der Waals surface area contributed by atoms with Crippen LogP contribution in [0.4, 0.5) is 8.78 Å². The summed E-state index contributed by atoms with van der Waals surface area (Å²) in [4.78, 5) is 10.9. The SMILES string of the molecule is O=C(O)c1cc(F)c(Sc2ccccc2Cl)c(F)c1. The molecule has 6 heteroatoms. The molecule has 0 aliphatic heterocycles. The molecule has 0 bridgehead atoms. The Kier molecular flexibility index (Phi) is 4.07. The van der Waals surface area contributed by atoms with Crippen LogP contribution in [0.5, 0.6) is 0 Å². The van der Waals surface area contributed by atoms with E-state index in [1.165, 1.54) is 0 Å². The van der Waals surface area contributed by atoms with Gasteiger partial charge in [-0.2, -0.15) is 0 Å². The molecule has 19 heavy (non-hydrogen) atoms. The number of hydrogen-bond donors (Lipinski definition) is 1. The van der Waals surface area contributed by atoms with Crippen molar-refractivity contribution in [3.63, 3.8) is 0 Å². The van der Waals surface area contributed by atoms with Crippen molar-refractivity contribution in [2.75, 3.05) is 0 Å². The molecule has 0 unspecified atom stereocenters. The molecule has 0 heterocycles. The zero-order valence-electron chi connectivity index (χ0n) is 9.36. The van der Waals surface area contributed by atoms with E-state index in [0.29, 0.717) is 9.92 Å². The minimum Gasteiger partial charge on any atom is -0.478 e. The third-order valence-corrected chi connectivity index (χ3v) is 3.91. The minimum absolute atomic E-state index is 0.280. The molecule has 0 spiro atoms. The van der Waals surface area contributed by atoms with Crippen LogP contribution in [0, 0.1) is 11.6 Å². The van der Waals surface area contributed by atoms with Gasteiger partial charge in [-0.15, -0.1) is 0 Å². The van der Waals surface area contributed by atoms with E-state index in [1.807, 2.05) is 0 Å². The highest BCUT2D eigenvalue weighted by Gasteiger charge is 2.16. The molecule has 0 aliphatic carbocycles. The van der Waals surface area contributed by atoms with Gasteiger partial charge in [0.2, 0.25) is 0 Å². The van der Waals surface area contributed by atoms with Crippen molar-refractivity contribution in [1.82, 2.24) is 0 Å². The third kappa shape index (κ3) is 3.05. The maximum absolute atomic E-state index is 13.7. The molecule has 0 amide bonds. The van der Waals surface area contributed by atoms with Gasteiger partial charge >= 0.3 is 5.97 Å². The molecule has 0 atom stereocenters. The highest BCUT2D eigenvalue weighted by molar-refractivity contribution is 7.99. The molecule has 0 aromatic heterocycles. The summed E-state index contributed by atoms with van der Waals surface area (Å²) in [7, 11) is 0. The molecule has 2 rings (SSSR count). The van der Waals surface area contributed by atoms with Crippen LogP contribution in [0.25, 0.3) is 0 Å². The van der Waals surface area contributed by atoms with E-state index < -0.39 is 23.2 Å². The van der Waals surface area contributed by atoms with E-state index in [-0.39, 0.29) is 4.90 Å². The molecule has 0 aliphatic rings.